The van der Waals surface area contributed by atoms with E-state index in [0.717, 1.165) is 11.8 Å². The van der Waals surface area contributed by atoms with Crippen LogP contribution in [-0.4, -0.2) is 27.9 Å². The standard InChI is InChI=1S/C9H8ClN3O2S/c10-5-2-1-3-11-7(5)13-8(14)6-4-16-9(15)12-6/h1-3,6H,4H2,(H,12,15)(H,11,13,14). The van der Waals surface area contributed by atoms with Crippen LogP contribution in [0.5, 0.6) is 0 Å². The number of thioether (sulfide) groups is 1. The number of carbonyl (C=O) groups excluding carboxylic acids is 2. The fourth-order valence-corrected chi connectivity index (χ4v) is 2.15. The molecular formula is C9H8ClN3O2S. The fourth-order valence-electron chi connectivity index (χ4n) is 1.21. The van der Waals surface area contributed by atoms with E-state index in [-0.39, 0.29) is 11.1 Å². The van der Waals surface area contributed by atoms with Gasteiger partial charge in [0.05, 0.1) is 5.02 Å². The summed E-state index contributed by atoms with van der Waals surface area (Å²) < 4.78 is 0. The van der Waals surface area contributed by atoms with E-state index < -0.39 is 6.04 Å². The summed E-state index contributed by atoms with van der Waals surface area (Å²) in [4.78, 5) is 26.5. The molecule has 2 rings (SSSR count). The zero-order chi connectivity index (χ0) is 11.5. The predicted molar refractivity (Wildman–Crippen MR) is 62.7 cm³/mol. The highest BCUT2D eigenvalue weighted by molar-refractivity contribution is 8.14. The van der Waals surface area contributed by atoms with Crippen molar-refractivity contribution < 1.29 is 9.59 Å². The molecule has 1 aromatic rings. The number of aromatic nitrogens is 1. The van der Waals surface area contributed by atoms with E-state index in [0.29, 0.717) is 16.6 Å². The molecule has 1 fully saturated rings. The van der Waals surface area contributed by atoms with Crippen LogP contribution in [0.1, 0.15) is 0 Å². The number of anilines is 1. The molecule has 1 saturated heterocycles. The van der Waals surface area contributed by atoms with Crippen molar-refractivity contribution in [2.75, 3.05) is 11.1 Å². The molecule has 0 aromatic carbocycles. The minimum atomic E-state index is -0.518. The highest BCUT2D eigenvalue weighted by atomic mass is 35.5. The summed E-state index contributed by atoms with van der Waals surface area (Å²) in [7, 11) is 0. The van der Waals surface area contributed by atoms with Gasteiger partial charge in [-0.2, -0.15) is 0 Å². The molecule has 84 valence electrons. The molecular weight excluding hydrogens is 250 g/mol. The van der Waals surface area contributed by atoms with Crippen LogP contribution in [0.4, 0.5) is 10.6 Å². The summed E-state index contributed by atoms with van der Waals surface area (Å²) in [6.07, 6.45) is 1.53. The second-order valence-electron chi connectivity index (χ2n) is 3.12. The van der Waals surface area contributed by atoms with E-state index in [9.17, 15) is 9.59 Å². The van der Waals surface area contributed by atoms with Gasteiger partial charge < -0.3 is 10.6 Å². The zero-order valence-electron chi connectivity index (χ0n) is 8.07. The first-order valence-corrected chi connectivity index (χ1v) is 5.88. The van der Waals surface area contributed by atoms with E-state index >= 15 is 0 Å². The highest BCUT2D eigenvalue weighted by Gasteiger charge is 2.28. The molecule has 0 spiro atoms. The monoisotopic (exact) mass is 257 g/mol. The molecule has 0 aliphatic carbocycles. The first-order chi connectivity index (χ1) is 7.66. The summed E-state index contributed by atoms with van der Waals surface area (Å²) in [5.74, 6) is 0.425. The van der Waals surface area contributed by atoms with Crippen molar-refractivity contribution in [3.05, 3.63) is 23.4 Å². The van der Waals surface area contributed by atoms with Gasteiger partial charge in [0.15, 0.2) is 5.82 Å². The van der Waals surface area contributed by atoms with Crippen LogP contribution in [0.3, 0.4) is 0 Å². The van der Waals surface area contributed by atoms with Gasteiger partial charge in [-0.25, -0.2) is 4.98 Å². The van der Waals surface area contributed by atoms with Gasteiger partial charge in [0.1, 0.15) is 6.04 Å². The zero-order valence-corrected chi connectivity index (χ0v) is 9.64. The Morgan fingerprint density at radius 3 is 3.12 bits per heavy atom. The molecule has 0 radical (unpaired) electrons. The lowest BCUT2D eigenvalue weighted by molar-refractivity contribution is -0.117. The van der Waals surface area contributed by atoms with Crippen molar-refractivity contribution >= 4 is 40.3 Å². The molecule has 1 unspecified atom stereocenters. The second kappa shape index (κ2) is 4.71. The van der Waals surface area contributed by atoms with Crippen molar-refractivity contribution in [2.45, 2.75) is 6.04 Å². The average Bonchev–Trinajstić information content (AvgIpc) is 2.68. The van der Waals surface area contributed by atoms with Gasteiger partial charge in [0.2, 0.25) is 5.91 Å². The maximum atomic E-state index is 11.7. The summed E-state index contributed by atoms with van der Waals surface area (Å²) in [5.41, 5.74) is 0. The smallest absolute Gasteiger partial charge is 0.279 e. The quantitative estimate of drug-likeness (QED) is 0.842. The Morgan fingerprint density at radius 2 is 2.50 bits per heavy atom. The van der Waals surface area contributed by atoms with E-state index in [2.05, 4.69) is 15.6 Å². The van der Waals surface area contributed by atoms with Crippen LogP contribution >= 0.6 is 23.4 Å². The summed E-state index contributed by atoms with van der Waals surface area (Å²) >= 11 is 6.92. The minimum absolute atomic E-state index is 0.188. The SMILES string of the molecule is O=C1NC(C(=O)Nc2ncccc2Cl)CS1. The molecule has 0 saturated carbocycles. The van der Waals surface area contributed by atoms with Gasteiger partial charge in [-0.05, 0) is 12.1 Å². The number of rotatable bonds is 2. The molecule has 5 nitrogen and oxygen atoms in total. The lowest BCUT2D eigenvalue weighted by Crippen LogP contribution is -2.38. The number of halogens is 1. The third-order valence-electron chi connectivity index (χ3n) is 1.99. The molecule has 7 heteroatoms. The van der Waals surface area contributed by atoms with Crippen molar-refractivity contribution in [1.29, 1.82) is 0 Å². The van der Waals surface area contributed by atoms with Gasteiger partial charge in [0, 0.05) is 11.9 Å². The third kappa shape index (κ3) is 2.45. The maximum absolute atomic E-state index is 11.7. The average molecular weight is 258 g/mol. The van der Waals surface area contributed by atoms with Gasteiger partial charge >= 0.3 is 0 Å². The van der Waals surface area contributed by atoms with Gasteiger partial charge in [-0.1, -0.05) is 23.4 Å². The Labute approximate surface area is 101 Å². The predicted octanol–water partition coefficient (Wildman–Crippen LogP) is 1.50. The Balaban J connectivity index is 2.03. The number of amides is 2. The van der Waals surface area contributed by atoms with E-state index in [4.69, 9.17) is 11.6 Å². The Hall–Kier alpha value is -1.27. The molecule has 1 aliphatic rings. The van der Waals surface area contributed by atoms with Crippen molar-refractivity contribution in [1.82, 2.24) is 10.3 Å². The number of nitrogens with zero attached hydrogens (tertiary/aromatic N) is 1. The number of carbonyl (C=O) groups is 2. The number of pyridine rings is 1. The Morgan fingerprint density at radius 1 is 1.69 bits per heavy atom. The Bertz CT molecular complexity index is 441. The van der Waals surface area contributed by atoms with Crippen molar-refractivity contribution in [3.8, 4) is 0 Å². The van der Waals surface area contributed by atoms with E-state index in [1.54, 1.807) is 12.1 Å². The molecule has 16 heavy (non-hydrogen) atoms. The molecule has 2 amide bonds. The molecule has 1 aromatic heterocycles. The first kappa shape index (κ1) is 11.2. The van der Waals surface area contributed by atoms with Crippen molar-refractivity contribution in [3.63, 3.8) is 0 Å². The number of nitrogens with one attached hydrogen (secondary N) is 2. The van der Waals surface area contributed by atoms with Crippen molar-refractivity contribution in [2.24, 2.45) is 0 Å². The van der Waals surface area contributed by atoms with E-state index in [1.165, 1.54) is 6.20 Å². The number of hydrogen-bond acceptors (Lipinski definition) is 4. The van der Waals surface area contributed by atoms with Crippen LogP contribution in [0.15, 0.2) is 18.3 Å². The largest absolute Gasteiger partial charge is 0.334 e. The Kier molecular flexibility index (Phi) is 3.31. The van der Waals surface area contributed by atoms with Gasteiger partial charge in [-0.15, -0.1) is 0 Å². The minimum Gasteiger partial charge on any atom is -0.334 e. The highest BCUT2D eigenvalue weighted by Crippen LogP contribution is 2.19. The molecule has 2 heterocycles. The maximum Gasteiger partial charge on any atom is 0.279 e. The van der Waals surface area contributed by atoms with Crippen LogP contribution in [0.25, 0.3) is 0 Å². The normalized spacial score (nSPS) is 19.3. The van der Waals surface area contributed by atoms with Crippen LogP contribution in [0.2, 0.25) is 5.02 Å². The van der Waals surface area contributed by atoms with Crippen LogP contribution < -0.4 is 10.6 Å². The van der Waals surface area contributed by atoms with Crippen LogP contribution in [-0.2, 0) is 4.79 Å². The lowest BCUT2D eigenvalue weighted by Gasteiger charge is -2.10. The number of hydrogen-bond donors (Lipinski definition) is 2. The second-order valence-corrected chi connectivity index (χ2v) is 4.52. The third-order valence-corrected chi connectivity index (χ3v) is 3.17. The fraction of sp³-hybridized carbons (Fsp3) is 0.222. The molecule has 0 bridgehead atoms. The van der Waals surface area contributed by atoms with E-state index in [1.807, 2.05) is 0 Å². The lowest BCUT2D eigenvalue weighted by atomic mass is 10.3. The molecule has 1 aliphatic heterocycles. The first-order valence-electron chi connectivity index (χ1n) is 4.51. The van der Waals surface area contributed by atoms with Crippen LogP contribution in [0, 0.1) is 0 Å². The molecule has 1 atom stereocenters. The van der Waals surface area contributed by atoms with Gasteiger partial charge in [-0.3, -0.25) is 9.59 Å². The molecule has 2 N–H and O–H groups in total. The summed E-state index contributed by atoms with van der Waals surface area (Å²) in [6, 6.07) is 2.78. The topological polar surface area (TPSA) is 71.1 Å². The summed E-state index contributed by atoms with van der Waals surface area (Å²) in [5, 5.41) is 5.28. The van der Waals surface area contributed by atoms with Gasteiger partial charge in [0.25, 0.3) is 5.24 Å². The summed E-state index contributed by atoms with van der Waals surface area (Å²) in [6.45, 7) is 0.